The Hall–Kier alpha value is -3.71. The molecule has 0 saturated heterocycles. The predicted octanol–water partition coefficient (Wildman–Crippen LogP) is 7.69. The molecule has 0 aliphatic heterocycles. The van der Waals surface area contributed by atoms with Gasteiger partial charge in [0.05, 0.1) is 5.69 Å². The van der Waals surface area contributed by atoms with Gasteiger partial charge in [-0.25, -0.2) is 0 Å². The summed E-state index contributed by atoms with van der Waals surface area (Å²) in [5.41, 5.74) is 13.8. The number of benzene rings is 3. The first-order valence-corrected chi connectivity index (χ1v) is 12.0. The zero-order valence-electron chi connectivity index (χ0n) is 18.5. The third-order valence-corrected chi connectivity index (χ3v) is 7.62. The molecule has 1 unspecified atom stereocenters. The van der Waals surface area contributed by atoms with Crippen molar-refractivity contribution >= 4 is 5.57 Å². The Balaban J connectivity index is 1.29. The maximum atomic E-state index is 5.30. The quantitative estimate of drug-likeness (QED) is 0.329. The van der Waals surface area contributed by atoms with Crippen molar-refractivity contribution < 1.29 is 0 Å². The molecule has 3 aliphatic carbocycles. The summed E-state index contributed by atoms with van der Waals surface area (Å²) < 4.78 is 0. The molecule has 3 aliphatic rings. The minimum absolute atomic E-state index is 0.282. The largest absolute Gasteiger partial charge is 0.257 e. The lowest BCUT2D eigenvalue weighted by Crippen LogP contribution is -2.08. The number of aromatic nitrogens is 1. The Morgan fingerprint density at radius 2 is 1.33 bits per heavy atom. The van der Waals surface area contributed by atoms with E-state index < -0.39 is 0 Å². The van der Waals surface area contributed by atoms with Gasteiger partial charge in [-0.3, -0.25) is 4.98 Å². The van der Waals surface area contributed by atoms with Gasteiger partial charge in [0.1, 0.15) is 0 Å². The van der Waals surface area contributed by atoms with Gasteiger partial charge >= 0.3 is 0 Å². The maximum absolute atomic E-state index is 5.30. The SMILES string of the molecule is C1=CC2=C(CC1)C(c1cccc(CC3c4ccccc4-c4ccccc43)n1)c1ccccc12. The molecule has 7 rings (SSSR count). The molecule has 1 nitrogen and oxygen atoms in total. The van der Waals surface area contributed by atoms with Crippen LogP contribution in [0.1, 0.15) is 58.3 Å². The molecule has 158 valence electrons. The third-order valence-electron chi connectivity index (χ3n) is 7.62. The van der Waals surface area contributed by atoms with Crippen LogP contribution in [0.4, 0.5) is 0 Å². The van der Waals surface area contributed by atoms with Crippen molar-refractivity contribution in [3.05, 3.63) is 142 Å². The maximum Gasteiger partial charge on any atom is 0.0523 e. The van der Waals surface area contributed by atoms with Crippen molar-refractivity contribution in [2.75, 3.05) is 0 Å². The molecule has 1 aromatic heterocycles. The highest BCUT2D eigenvalue weighted by Gasteiger charge is 2.33. The summed E-state index contributed by atoms with van der Waals surface area (Å²) in [7, 11) is 0. The average Bonchev–Trinajstić information content (AvgIpc) is 3.38. The summed E-state index contributed by atoms with van der Waals surface area (Å²) in [4.78, 5) is 5.30. The highest BCUT2D eigenvalue weighted by molar-refractivity contribution is 5.86. The van der Waals surface area contributed by atoms with Crippen LogP contribution in [0.25, 0.3) is 16.7 Å². The van der Waals surface area contributed by atoms with Gasteiger partial charge in [0, 0.05) is 24.0 Å². The molecule has 1 heteroatoms. The van der Waals surface area contributed by atoms with E-state index in [-0.39, 0.29) is 5.92 Å². The molecule has 1 heterocycles. The summed E-state index contributed by atoms with van der Waals surface area (Å²) in [6.07, 6.45) is 7.83. The summed E-state index contributed by atoms with van der Waals surface area (Å²) in [5, 5.41) is 0. The van der Waals surface area contributed by atoms with Crippen molar-refractivity contribution in [1.29, 1.82) is 0 Å². The molecule has 33 heavy (non-hydrogen) atoms. The Kier molecular flexibility index (Phi) is 4.23. The van der Waals surface area contributed by atoms with E-state index in [0.717, 1.165) is 19.3 Å². The molecule has 0 radical (unpaired) electrons. The van der Waals surface area contributed by atoms with Crippen molar-refractivity contribution in [2.45, 2.75) is 31.1 Å². The lowest BCUT2D eigenvalue weighted by Gasteiger charge is -2.19. The molecule has 0 fully saturated rings. The van der Waals surface area contributed by atoms with E-state index in [1.807, 2.05) is 0 Å². The standard InChI is InChI=1S/C32H25N/c1-3-15-26-22(11-1)23-12-2-4-16-27(23)30(26)20-21-10-9-19-31(33-21)32-28-17-7-5-13-24(28)25-14-6-8-18-29(25)32/h1-7,9-17,19,30,32H,8,18,20H2. The van der Waals surface area contributed by atoms with E-state index in [2.05, 4.69) is 103 Å². The van der Waals surface area contributed by atoms with Crippen LogP contribution in [-0.2, 0) is 6.42 Å². The number of pyridine rings is 1. The smallest absolute Gasteiger partial charge is 0.0523 e. The lowest BCUT2D eigenvalue weighted by atomic mass is 9.87. The summed E-state index contributed by atoms with van der Waals surface area (Å²) in [6.45, 7) is 0. The molecule has 0 bridgehead atoms. The minimum Gasteiger partial charge on any atom is -0.257 e. The lowest BCUT2D eigenvalue weighted by molar-refractivity contribution is 0.774. The van der Waals surface area contributed by atoms with Crippen molar-refractivity contribution in [2.24, 2.45) is 0 Å². The van der Waals surface area contributed by atoms with Gasteiger partial charge in [0.2, 0.25) is 0 Å². The molecule has 1 atom stereocenters. The van der Waals surface area contributed by atoms with Gasteiger partial charge in [-0.15, -0.1) is 0 Å². The topological polar surface area (TPSA) is 12.9 Å². The second-order valence-corrected chi connectivity index (χ2v) is 9.39. The number of rotatable bonds is 3. The van der Waals surface area contributed by atoms with Crippen LogP contribution in [0.5, 0.6) is 0 Å². The summed E-state index contributed by atoms with van der Waals surface area (Å²) >= 11 is 0. The summed E-state index contributed by atoms with van der Waals surface area (Å²) in [6, 6.07) is 33.3. The first-order valence-electron chi connectivity index (χ1n) is 12.0. The number of hydrogen-bond donors (Lipinski definition) is 0. The van der Waals surface area contributed by atoms with Gasteiger partial charge in [-0.1, -0.05) is 91.0 Å². The second-order valence-electron chi connectivity index (χ2n) is 9.39. The van der Waals surface area contributed by atoms with Gasteiger partial charge in [0.15, 0.2) is 0 Å². The molecule has 4 aromatic rings. The molecular weight excluding hydrogens is 398 g/mol. The van der Waals surface area contributed by atoms with E-state index in [9.17, 15) is 0 Å². The van der Waals surface area contributed by atoms with Crippen LogP contribution in [0, 0.1) is 0 Å². The molecule has 0 amide bonds. The second kappa shape index (κ2) is 7.42. The van der Waals surface area contributed by atoms with E-state index in [1.165, 1.54) is 50.3 Å². The van der Waals surface area contributed by atoms with Crippen LogP contribution in [0.3, 0.4) is 0 Å². The third kappa shape index (κ3) is 2.89. The van der Waals surface area contributed by atoms with E-state index >= 15 is 0 Å². The molecule has 0 saturated carbocycles. The first-order chi connectivity index (χ1) is 16.4. The van der Waals surface area contributed by atoms with Crippen LogP contribution in [-0.4, -0.2) is 4.98 Å². The normalized spacial score (nSPS) is 18.1. The molecule has 0 spiro atoms. The Bertz CT molecular complexity index is 1410. The Labute approximate surface area is 195 Å². The van der Waals surface area contributed by atoms with E-state index in [4.69, 9.17) is 4.98 Å². The Morgan fingerprint density at radius 1 is 0.667 bits per heavy atom. The van der Waals surface area contributed by atoms with Crippen molar-refractivity contribution in [1.82, 2.24) is 4.98 Å². The predicted molar refractivity (Wildman–Crippen MR) is 135 cm³/mol. The zero-order valence-corrected chi connectivity index (χ0v) is 18.5. The van der Waals surface area contributed by atoms with E-state index in [0.29, 0.717) is 5.92 Å². The van der Waals surface area contributed by atoms with Gasteiger partial charge in [0.25, 0.3) is 0 Å². The molecular formula is C32H25N. The van der Waals surface area contributed by atoms with E-state index in [1.54, 1.807) is 5.57 Å². The van der Waals surface area contributed by atoms with Crippen LogP contribution < -0.4 is 0 Å². The molecule has 0 N–H and O–H groups in total. The zero-order chi connectivity index (χ0) is 21.8. The fourth-order valence-corrected chi connectivity index (χ4v) is 6.23. The summed E-state index contributed by atoms with van der Waals surface area (Å²) in [5.74, 6) is 0.646. The number of hydrogen-bond acceptors (Lipinski definition) is 1. The van der Waals surface area contributed by atoms with Gasteiger partial charge in [-0.2, -0.15) is 0 Å². The van der Waals surface area contributed by atoms with Gasteiger partial charge in [-0.05, 0) is 69.5 Å². The van der Waals surface area contributed by atoms with Crippen LogP contribution in [0.15, 0.2) is 109 Å². The van der Waals surface area contributed by atoms with Crippen molar-refractivity contribution in [3.8, 4) is 11.1 Å². The minimum atomic E-state index is 0.282. The van der Waals surface area contributed by atoms with Crippen LogP contribution in [0.2, 0.25) is 0 Å². The number of allylic oxidation sites excluding steroid dienone is 4. The van der Waals surface area contributed by atoms with Crippen LogP contribution >= 0.6 is 0 Å². The Morgan fingerprint density at radius 3 is 2.09 bits per heavy atom. The number of fused-ring (bicyclic) bond motifs is 5. The monoisotopic (exact) mass is 423 g/mol. The highest BCUT2D eigenvalue weighted by Crippen LogP contribution is 2.49. The molecule has 3 aromatic carbocycles. The van der Waals surface area contributed by atoms with Gasteiger partial charge < -0.3 is 0 Å². The highest BCUT2D eigenvalue weighted by atomic mass is 14.7. The van der Waals surface area contributed by atoms with Crippen molar-refractivity contribution in [3.63, 3.8) is 0 Å². The number of nitrogens with zero attached hydrogens (tertiary/aromatic N) is 1. The fraction of sp³-hybridized carbons (Fsp3) is 0.156. The first kappa shape index (κ1) is 18.8. The average molecular weight is 424 g/mol. The fourth-order valence-electron chi connectivity index (χ4n) is 6.23.